The van der Waals surface area contributed by atoms with Crippen LogP contribution in [-0.2, 0) is 16.4 Å². The SMILES string of the molecule is O=S(=O)(CCc1ccccc1)NCC1CCN(c2nc3ccccc3s2)CC1. The summed E-state index contributed by atoms with van der Waals surface area (Å²) in [4.78, 5) is 7.06. The van der Waals surface area contributed by atoms with Gasteiger partial charge in [-0.2, -0.15) is 0 Å². The van der Waals surface area contributed by atoms with E-state index < -0.39 is 10.0 Å². The molecule has 1 aliphatic rings. The van der Waals surface area contributed by atoms with Crippen LogP contribution in [0.3, 0.4) is 0 Å². The Bertz CT molecular complexity index is 977. The summed E-state index contributed by atoms with van der Waals surface area (Å²) in [5.74, 6) is 0.527. The molecule has 0 saturated carbocycles. The van der Waals surface area contributed by atoms with Crippen LogP contribution >= 0.6 is 11.3 Å². The number of sulfonamides is 1. The van der Waals surface area contributed by atoms with Crippen LogP contribution in [0, 0.1) is 5.92 Å². The molecule has 0 unspecified atom stereocenters. The van der Waals surface area contributed by atoms with Crippen LogP contribution in [0.1, 0.15) is 18.4 Å². The number of thiazole rings is 1. The molecule has 1 saturated heterocycles. The first-order chi connectivity index (χ1) is 13.6. The van der Waals surface area contributed by atoms with Crippen molar-refractivity contribution in [3.63, 3.8) is 0 Å². The molecule has 4 rings (SSSR count). The van der Waals surface area contributed by atoms with Gasteiger partial charge in [-0.1, -0.05) is 53.8 Å². The second-order valence-electron chi connectivity index (χ2n) is 7.30. The molecular weight excluding hydrogens is 390 g/mol. The van der Waals surface area contributed by atoms with Gasteiger partial charge in [-0.25, -0.2) is 18.1 Å². The van der Waals surface area contributed by atoms with Gasteiger partial charge in [0.05, 0.1) is 16.0 Å². The van der Waals surface area contributed by atoms with Crippen molar-refractivity contribution in [3.05, 3.63) is 60.2 Å². The molecule has 2 aromatic carbocycles. The zero-order chi connectivity index (χ0) is 19.4. The third-order valence-corrected chi connectivity index (χ3v) is 7.71. The molecule has 5 nitrogen and oxygen atoms in total. The molecule has 0 bridgehead atoms. The molecule has 1 fully saturated rings. The summed E-state index contributed by atoms with van der Waals surface area (Å²) in [6, 6.07) is 18.0. The number of hydrogen-bond acceptors (Lipinski definition) is 5. The molecule has 1 N–H and O–H groups in total. The van der Waals surface area contributed by atoms with Crippen molar-refractivity contribution >= 4 is 36.7 Å². The quantitative estimate of drug-likeness (QED) is 0.639. The topological polar surface area (TPSA) is 62.3 Å². The van der Waals surface area contributed by atoms with E-state index in [0.29, 0.717) is 18.9 Å². The van der Waals surface area contributed by atoms with E-state index in [1.165, 1.54) is 4.70 Å². The number of benzene rings is 2. The first kappa shape index (κ1) is 19.4. The highest BCUT2D eigenvalue weighted by atomic mass is 32.2. The minimum absolute atomic E-state index is 0.140. The Labute approximate surface area is 170 Å². The third kappa shape index (κ3) is 4.90. The van der Waals surface area contributed by atoms with Gasteiger partial charge in [0.1, 0.15) is 0 Å². The minimum atomic E-state index is -3.24. The Morgan fingerprint density at radius 1 is 1.04 bits per heavy atom. The fourth-order valence-corrected chi connectivity index (χ4v) is 5.69. The van der Waals surface area contributed by atoms with Crippen molar-refractivity contribution in [1.29, 1.82) is 0 Å². The highest BCUT2D eigenvalue weighted by Gasteiger charge is 2.23. The van der Waals surface area contributed by atoms with Crippen LogP contribution < -0.4 is 9.62 Å². The Hall–Kier alpha value is -1.96. The number of aryl methyl sites for hydroxylation is 1. The van der Waals surface area contributed by atoms with Crippen LogP contribution in [0.2, 0.25) is 0 Å². The maximum Gasteiger partial charge on any atom is 0.211 e. The van der Waals surface area contributed by atoms with E-state index >= 15 is 0 Å². The molecule has 3 aromatic rings. The molecule has 0 aliphatic carbocycles. The summed E-state index contributed by atoms with van der Waals surface area (Å²) in [5.41, 5.74) is 2.10. The average Bonchev–Trinajstić information content (AvgIpc) is 3.16. The second-order valence-corrected chi connectivity index (χ2v) is 10.2. The lowest BCUT2D eigenvalue weighted by Crippen LogP contribution is -2.39. The fourth-order valence-electron chi connectivity index (χ4n) is 3.54. The monoisotopic (exact) mass is 415 g/mol. The number of aromatic nitrogens is 1. The van der Waals surface area contributed by atoms with Gasteiger partial charge < -0.3 is 4.90 Å². The van der Waals surface area contributed by atoms with Crippen molar-refractivity contribution < 1.29 is 8.42 Å². The van der Waals surface area contributed by atoms with Gasteiger partial charge in [0.2, 0.25) is 10.0 Å². The van der Waals surface area contributed by atoms with Gasteiger partial charge >= 0.3 is 0 Å². The number of fused-ring (bicyclic) bond motifs is 1. The number of piperidine rings is 1. The number of nitrogens with one attached hydrogen (secondary N) is 1. The van der Waals surface area contributed by atoms with E-state index in [2.05, 4.69) is 15.7 Å². The molecule has 7 heteroatoms. The van der Waals surface area contributed by atoms with Gasteiger partial charge in [0.25, 0.3) is 0 Å². The highest BCUT2D eigenvalue weighted by Crippen LogP contribution is 2.31. The molecule has 2 heterocycles. The van der Waals surface area contributed by atoms with E-state index in [9.17, 15) is 8.42 Å². The molecule has 0 spiro atoms. The normalized spacial score (nSPS) is 15.9. The predicted octanol–water partition coefficient (Wildman–Crippen LogP) is 3.67. The largest absolute Gasteiger partial charge is 0.348 e. The molecule has 28 heavy (non-hydrogen) atoms. The van der Waals surface area contributed by atoms with Gasteiger partial charge in [-0.3, -0.25) is 0 Å². The highest BCUT2D eigenvalue weighted by molar-refractivity contribution is 7.89. The zero-order valence-electron chi connectivity index (χ0n) is 15.8. The minimum Gasteiger partial charge on any atom is -0.348 e. The number of hydrogen-bond donors (Lipinski definition) is 1. The average molecular weight is 416 g/mol. The number of anilines is 1. The van der Waals surface area contributed by atoms with Crippen LogP contribution in [0.5, 0.6) is 0 Å². The Balaban J connectivity index is 1.25. The van der Waals surface area contributed by atoms with Gasteiger partial charge in [-0.15, -0.1) is 0 Å². The van der Waals surface area contributed by atoms with Crippen molar-refractivity contribution in [2.75, 3.05) is 30.3 Å². The molecule has 0 radical (unpaired) electrons. The van der Waals surface area contributed by atoms with Crippen molar-refractivity contribution in [2.24, 2.45) is 5.92 Å². The van der Waals surface area contributed by atoms with Crippen molar-refractivity contribution in [1.82, 2.24) is 9.71 Å². The van der Waals surface area contributed by atoms with Crippen LogP contribution in [-0.4, -0.2) is 38.8 Å². The number of nitrogens with zero attached hydrogens (tertiary/aromatic N) is 2. The first-order valence-electron chi connectivity index (χ1n) is 9.71. The van der Waals surface area contributed by atoms with Gasteiger partial charge in [-0.05, 0) is 42.9 Å². The summed E-state index contributed by atoms with van der Waals surface area (Å²) in [6.45, 7) is 2.39. The lowest BCUT2D eigenvalue weighted by atomic mass is 9.97. The van der Waals surface area contributed by atoms with Gasteiger partial charge in [0, 0.05) is 19.6 Å². The second kappa shape index (κ2) is 8.59. The van der Waals surface area contributed by atoms with E-state index in [1.54, 1.807) is 11.3 Å². The van der Waals surface area contributed by atoms with Crippen molar-refractivity contribution in [2.45, 2.75) is 19.3 Å². The molecular formula is C21H25N3O2S2. The van der Waals surface area contributed by atoms with Crippen LogP contribution in [0.25, 0.3) is 10.2 Å². The van der Waals surface area contributed by atoms with E-state index in [0.717, 1.165) is 42.1 Å². The molecule has 0 atom stereocenters. The Kier molecular flexibility index (Phi) is 5.94. The smallest absolute Gasteiger partial charge is 0.211 e. The first-order valence-corrected chi connectivity index (χ1v) is 12.2. The van der Waals surface area contributed by atoms with E-state index in [1.807, 2.05) is 48.5 Å². The summed E-state index contributed by atoms with van der Waals surface area (Å²) in [6.07, 6.45) is 2.51. The molecule has 1 aliphatic heterocycles. The van der Waals surface area contributed by atoms with Crippen molar-refractivity contribution in [3.8, 4) is 0 Å². The lowest BCUT2D eigenvalue weighted by Gasteiger charge is -2.31. The molecule has 148 valence electrons. The standard InChI is InChI=1S/C21H25N3O2S2/c25-28(26,15-12-17-6-2-1-3-7-17)22-16-18-10-13-24(14-11-18)21-23-19-8-4-5-9-20(19)27-21/h1-9,18,22H,10-16H2. The van der Waals surface area contributed by atoms with Gasteiger partial charge in [0.15, 0.2) is 5.13 Å². The Morgan fingerprint density at radius 2 is 1.75 bits per heavy atom. The third-order valence-electron chi connectivity index (χ3n) is 5.26. The maximum atomic E-state index is 12.3. The zero-order valence-corrected chi connectivity index (χ0v) is 17.4. The number of rotatable bonds is 7. The van der Waals surface area contributed by atoms with Crippen LogP contribution in [0.15, 0.2) is 54.6 Å². The Morgan fingerprint density at radius 3 is 2.50 bits per heavy atom. The fraction of sp³-hybridized carbons (Fsp3) is 0.381. The molecule has 0 amide bonds. The summed E-state index contributed by atoms with van der Waals surface area (Å²) >= 11 is 1.73. The van der Waals surface area contributed by atoms with E-state index in [-0.39, 0.29) is 5.75 Å². The van der Waals surface area contributed by atoms with Crippen LogP contribution in [0.4, 0.5) is 5.13 Å². The van der Waals surface area contributed by atoms with E-state index in [4.69, 9.17) is 4.98 Å². The summed E-state index contributed by atoms with van der Waals surface area (Å²) in [7, 11) is -3.24. The lowest BCUT2D eigenvalue weighted by molar-refractivity contribution is 0.402. The maximum absolute atomic E-state index is 12.3. The predicted molar refractivity (Wildman–Crippen MR) is 116 cm³/mol. The summed E-state index contributed by atoms with van der Waals surface area (Å²) in [5, 5.41) is 1.07. The molecule has 1 aromatic heterocycles. The summed E-state index contributed by atoms with van der Waals surface area (Å²) < 4.78 is 28.6. The number of para-hydroxylation sites is 1.